The lowest BCUT2D eigenvalue weighted by Gasteiger charge is -2.27. The second kappa shape index (κ2) is 18.2. The van der Waals surface area contributed by atoms with Crippen LogP contribution in [0, 0.1) is 5.92 Å². The van der Waals surface area contributed by atoms with Crippen LogP contribution in [0.1, 0.15) is 74.0 Å². The fourth-order valence-corrected chi connectivity index (χ4v) is 5.75. The van der Waals surface area contributed by atoms with E-state index >= 15 is 0 Å². The van der Waals surface area contributed by atoms with Crippen LogP contribution in [-0.2, 0) is 40.4 Å². The summed E-state index contributed by atoms with van der Waals surface area (Å²) in [4.78, 5) is 56.2. The minimum atomic E-state index is -0.997. The van der Waals surface area contributed by atoms with Crippen molar-refractivity contribution in [1.29, 1.82) is 0 Å². The van der Waals surface area contributed by atoms with E-state index in [1.807, 2.05) is 55.2 Å². The van der Waals surface area contributed by atoms with Gasteiger partial charge in [-0.15, -0.1) is 0 Å². The van der Waals surface area contributed by atoms with Crippen LogP contribution in [0.3, 0.4) is 0 Å². The third-order valence-electron chi connectivity index (χ3n) is 9.01. The van der Waals surface area contributed by atoms with Crippen molar-refractivity contribution >= 4 is 23.6 Å². The second-order valence-corrected chi connectivity index (χ2v) is 12.8. The van der Waals surface area contributed by atoms with Gasteiger partial charge in [0, 0.05) is 49.9 Å². The molecule has 12 nitrogen and oxygen atoms in total. The van der Waals surface area contributed by atoms with Crippen molar-refractivity contribution in [1.82, 2.24) is 35.9 Å². The monoisotopic (exact) mass is 673 g/mol. The van der Waals surface area contributed by atoms with Crippen LogP contribution in [0.2, 0.25) is 0 Å². The summed E-state index contributed by atoms with van der Waals surface area (Å²) >= 11 is 0. The van der Waals surface area contributed by atoms with Gasteiger partial charge in [0.25, 0.3) is 5.91 Å². The molecule has 5 rings (SSSR count). The SMILES string of the molecule is CC[C@H](C)C1NC(=O)c2ccc(cc2)CN(Cc2cnn(CC)c2)CCCCNC(=O)[C@@H](C)NC(=O)[C@H](Cc2ccc(OC)cc2)NC1=O. The van der Waals surface area contributed by atoms with Gasteiger partial charge in [-0.2, -0.15) is 5.10 Å². The fraction of sp³-hybridized carbons (Fsp3) is 0.486. The molecule has 2 aliphatic heterocycles. The smallest absolute Gasteiger partial charge is 0.251 e. The fourth-order valence-electron chi connectivity index (χ4n) is 5.75. The van der Waals surface area contributed by atoms with E-state index in [1.165, 1.54) is 0 Å². The molecule has 0 saturated heterocycles. The van der Waals surface area contributed by atoms with Crippen molar-refractivity contribution in [2.24, 2.45) is 5.92 Å². The summed E-state index contributed by atoms with van der Waals surface area (Å²) < 4.78 is 7.17. The molecule has 0 radical (unpaired) electrons. The Bertz CT molecular complexity index is 1540. The summed E-state index contributed by atoms with van der Waals surface area (Å²) in [6.45, 7) is 10.9. The minimum absolute atomic E-state index is 0.175. The molecule has 264 valence electrons. The number of nitrogens with zero attached hydrogens (tertiary/aromatic N) is 3. The summed E-state index contributed by atoms with van der Waals surface area (Å²) in [6.07, 6.45) is 6.33. The summed E-state index contributed by atoms with van der Waals surface area (Å²) in [7, 11) is 1.57. The zero-order valence-electron chi connectivity index (χ0n) is 29.3. The van der Waals surface area contributed by atoms with Crippen molar-refractivity contribution in [3.05, 3.63) is 83.2 Å². The van der Waals surface area contributed by atoms with Crippen LogP contribution in [0.5, 0.6) is 5.75 Å². The Morgan fingerprint density at radius 1 is 0.898 bits per heavy atom. The summed E-state index contributed by atoms with van der Waals surface area (Å²) in [6, 6.07) is 11.9. The maximum atomic E-state index is 13.8. The van der Waals surface area contributed by atoms with Crippen LogP contribution in [0.25, 0.3) is 0 Å². The second-order valence-electron chi connectivity index (χ2n) is 12.8. The molecule has 3 aromatic rings. The number of aryl methyl sites for hydroxylation is 1. The molecule has 2 aliphatic rings. The third-order valence-corrected chi connectivity index (χ3v) is 9.01. The highest BCUT2D eigenvalue weighted by Gasteiger charge is 2.31. The molecule has 3 heterocycles. The van der Waals surface area contributed by atoms with E-state index in [1.54, 1.807) is 38.3 Å². The Morgan fingerprint density at radius 3 is 2.29 bits per heavy atom. The third kappa shape index (κ3) is 10.9. The Hall–Kier alpha value is -4.71. The molecule has 4 N–H and O–H groups in total. The van der Waals surface area contributed by atoms with Crippen molar-refractivity contribution in [3.63, 3.8) is 0 Å². The van der Waals surface area contributed by atoms with E-state index in [-0.39, 0.29) is 24.2 Å². The predicted molar refractivity (Wildman–Crippen MR) is 188 cm³/mol. The molecule has 0 saturated carbocycles. The van der Waals surface area contributed by atoms with Crippen LogP contribution in [0.15, 0.2) is 60.9 Å². The molecule has 0 aliphatic carbocycles. The van der Waals surface area contributed by atoms with Gasteiger partial charge in [0.2, 0.25) is 17.7 Å². The average molecular weight is 674 g/mol. The molecular weight excluding hydrogens is 622 g/mol. The normalized spacial score (nSPS) is 21.1. The summed E-state index contributed by atoms with van der Waals surface area (Å²) in [5, 5.41) is 15.9. The first-order valence-electron chi connectivity index (χ1n) is 17.2. The Labute approximate surface area is 289 Å². The Morgan fingerprint density at radius 2 is 1.63 bits per heavy atom. The Kier molecular flexibility index (Phi) is 13.8. The van der Waals surface area contributed by atoms with Gasteiger partial charge in [-0.25, -0.2) is 0 Å². The molecular formula is C37H51N7O5. The molecule has 0 fully saturated rings. The number of carbonyl (C=O) groups excluding carboxylic acids is 4. The van der Waals surface area contributed by atoms with Crippen molar-refractivity contribution < 1.29 is 23.9 Å². The lowest BCUT2D eigenvalue weighted by molar-refractivity contribution is -0.132. The van der Waals surface area contributed by atoms with Gasteiger partial charge >= 0.3 is 0 Å². The molecule has 12 heteroatoms. The lowest BCUT2D eigenvalue weighted by atomic mass is 9.96. The van der Waals surface area contributed by atoms with Gasteiger partial charge in [0.15, 0.2) is 0 Å². The van der Waals surface area contributed by atoms with Gasteiger partial charge in [-0.3, -0.25) is 28.8 Å². The number of carbonyl (C=O) groups is 4. The van der Waals surface area contributed by atoms with Crippen LogP contribution in [0.4, 0.5) is 0 Å². The molecule has 2 aromatic carbocycles. The minimum Gasteiger partial charge on any atom is -0.497 e. The summed E-state index contributed by atoms with van der Waals surface area (Å²) in [5.41, 5.74) is 3.40. The Balaban J connectivity index is 1.58. The number of nitrogens with one attached hydrogen (secondary N) is 4. The van der Waals surface area contributed by atoms with Gasteiger partial charge in [0.1, 0.15) is 23.9 Å². The molecule has 2 bridgehead atoms. The number of aromatic nitrogens is 2. The largest absolute Gasteiger partial charge is 0.497 e. The van der Waals surface area contributed by atoms with E-state index in [0.29, 0.717) is 37.4 Å². The molecule has 49 heavy (non-hydrogen) atoms. The lowest BCUT2D eigenvalue weighted by Crippen LogP contribution is -2.58. The number of hydrogen-bond acceptors (Lipinski definition) is 7. The zero-order valence-corrected chi connectivity index (χ0v) is 29.3. The predicted octanol–water partition coefficient (Wildman–Crippen LogP) is 3.20. The molecule has 0 spiro atoms. The van der Waals surface area contributed by atoms with E-state index in [9.17, 15) is 19.2 Å². The van der Waals surface area contributed by atoms with Gasteiger partial charge in [-0.05, 0) is 74.5 Å². The zero-order chi connectivity index (χ0) is 35.3. The first-order chi connectivity index (χ1) is 23.6. The quantitative estimate of drug-likeness (QED) is 0.269. The first kappa shape index (κ1) is 37.1. The maximum absolute atomic E-state index is 13.8. The van der Waals surface area contributed by atoms with Crippen molar-refractivity contribution in [2.45, 2.75) is 91.1 Å². The van der Waals surface area contributed by atoms with Crippen LogP contribution < -0.4 is 26.0 Å². The molecule has 4 amide bonds. The number of ether oxygens (including phenoxy) is 1. The van der Waals surface area contributed by atoms with Crippen molar-refractivity contribution in [3.8, 4) is 5.75 Å². The van der Waals surface area contributed by atoms with Gasteiger partial charge in [-0.1, -0.05) is 44.5 Å². The maximum Gasteiger partial charge on any atom is 0.251 e. The number of methoxy groups -OCH3 is 1. The van der Waals surface area contributed by atoms with E-state index < -0.39 is 29.9 Å². The van der Waals surface area contributed by atoms with E-state index in [0.717, 1.165) is 42.6 Å². The van der Waals surface area contributed by atoms with Gasteiger partial charge < -0.3 is 26.0 Å². The van der Waals surface area contributed by atoms with E-state index in [4.69, 9.17) is 4.74 Å². The number of amides is 4. The van der Waals surface area contributed by atoms with Crippen LogP contribution >= 0.6 is 0 Å². The molecule has 4 atom stereocenters. The first-order valence-corrected chi connectivity index (χ1v) is 17.2. The molecule has 1 aromatic heterocycles. The number of hydrogen-bond donors (Lipinski definition) is 4. The van der Waals surface area contributed by atoms with Gasteiger partial charge in [0.05, 0.1) is 13.3 Å². The highest BCUT2D eigenvalue weighted by Crippen LogP contribution is 2.16. The highest BCUT2D eigenvalue weighted by molar-refractivity contribution is 5.99. The average Bonchev–Trinajstić information content (AvgIpc) is 3.57. The molecule has 1 unspecified atom stereocenters. The standard InChI is InChI=1S/C37H51N7O5/c1-6-25(3)33-37(48)41-32(20-27-12-16-31(49-5)17-13-27)36(47)40-26(4)34(45)38-18-8-9-19-43(23-29-21-39-44(7-2)24-29)22-28-10-14-30(15-11-28)35(46)42-33/h10-17,21,24-26,32-33H,6-9,18-20,22-23H2,1-5H3,(H,38,45)(H,40,47)(H,41,48)(H,42,46)/t25-,26+,32-,33?/m0/s1. The topological polar surface area (TPSA) is 147 Å². The highest BCUT2D eigenvalue weighted by atomic mass is 16.5. The van der Waals surface area contributed by atoms with Crippen molar-refractivity contribution in [2.75, 3.05) is 20.2 Å². The van der Waals surface area contributed by atoms with E-state index in [2.05, 4.69) is 38.2 Å². The number of fused-ring (bicyclic) bond motifs is 18. The number of benzene rings is 2. The van der Waals surface area contributed by atoms with Crippen LogP contribution in [-0.4, -0.2) is 76.6 Å². The number of rotatable bonds is 8. The summed E-state index contributed by atoms with van der Waals surface area (Å²) in [5.74, 6) is -1.20.